The lowest BCUT2D eigenvalue weighted by molar-refractivity contribution is 0.110. The van der Waals surface area contributed by atoms with Gasteiger partial charge in [-0.3, -0.25) is 0 Å². The molecule has 104 valence electrons. The van der Waals surface area contributed by atoms with Gasteiger partial charge in [0.05, 0.1) is 24.6 Å². The predicted molar refractivity (Wildman–Crippen MR) is 78.0 cm³/mol. The van der Waals surface area contributed by atoms with Crippen molar-refractivity contribution in [2.75, 3.05) is 12.3 Å². The zero-order chi connectivity index (χ0) is 13.5. The van der Waals surface area contributed by atoms with Gasteiger partial charge >= 0.3 is 0 Å². The Morgan fingerprint density at radius 2 is 2.00 bits per heavy atom. The van der Waals surface area contributed by atoms with Crippen LogP contribution in [0.4, 0.5) is 5.82 Å². The third-order valence-electron chi connectivity index (χ3n) is 4.45. The number of aryl methyl sites for hydroxylation is 1. The molecule has 0 spiro atoms. The summed E-state index contributed by atoms with van der Waals surface area (Å²) in [6, 6.07) is 6.57. The number of nitrogens with zero attached hydrogens (tertiary/aromatic N) is 2. The first-order valence-electron chi connectivity index (χ1n) is 7.40. The molecule has 2 heterocycles. The molecule has 0 unspecified atom stereocenters. The van der Waals surface area contributed by atoms with E-state index in [1.165, 1.54) is 41.8 Å². The number of hydrogen-bond acceptors (Lipinski definition) is 3. The van der Waals surface area contributed by atoms with Gasteiger partial charge in [0.2, 0.25) is 0 Å². The Hall–Kier alpha value is -1.81. The highest BCUT2D eigenvalue weighted by Gasteiger charge is 2.23. The molecule has 2 aliphatic rings. The molecule has 0 amide bonds. The quantitative estimate of drug-likeness (QED) is 0.865. The van der Waals surface area contributed by atoms with E-state index >= 15 is 0 Å². The Morgan fingerprint density at radius 1 is 1.10 bits per heavy atom. The highest BCUT2D eigenvalue weighted by molar-refractivity contribution is 5.52. The van der Waals surface area contributed by atoms with Crippen LogP contribution in [0.3, 0.4) is 0 Å². The second-order valence-electron chi connectivity index (χ2n) is 5.65. The molecule has 1 aromatic carbocycles. The maximum Gasteiger partial charge on any atom is 0.151 e. The predicted octanol–water partition coefficient (Wildman–Crippen LogP) is 2.41. The minimum Gasteiger partial charge on any atom is -0.382 e. The third kappa shape index (κ3) is 1.75. The number of fused-ring (bicyclic) bond motifs is 2. The summed E-state index contributed by atoms with van der Waals surface area (Å²) in [6.07, 6.45) is 5.79. The summed E-state index contributed by atoms with van der Waals surface area (Å²) in [5.74, 6) is 0.619. The van der Waals surface area contributed by atoms with Crippen molar-refractivity contribution in [1.82, 2.24) is 9.78 Å². The number of ether oxygens (including phenoxy) is 1. The lowest BCUT2D eigenvalue weighted by atomic mass is 9.90. The largest absolute Gasteiger partial charge is 0.382 e. The molecule has 1 aromatic heterocycles. The Morgan fingerprint density at radius 3 is 2.95 bits per heavy atom. The third-order valence-corrected chi connectivity index (χ3v) is 4.45. The monoisotopic (exact) mass is 269 g/mol. The molecule has 0 saturated carbocycles. The van der Waals surface area contributed by atoms with Gasteiger partial charge in [0.15, 0.2) is 5.82 Å². The van der Waals surface area contributed by atoms with Crippen molar-refractivity contribution in [3.8, 4) is 5.69 Å². The van der Waals surface area contributed by atoms with Crippen molar-refractivity contribution in [2.24, 2.45) is 0 Å². The second kappa shape index (κ2) is 4.63. The van der Waals surface area contributed by atoms with Gasteiger partial charge in [-0.2, -0.15) is 5.10 Å². The number of nitrogens with two attached hydrogens (primary N) is 1. The molecule has 0 bridgehead atoms. The molecular weight excluding hydrogens is 250 g/mol. The highest BCUT2D eigenvalue weighted by atomic mass is 16.5. The first kappa shape index (κ1) is 12.0. The lowest BCUT2D eigenvalue weighted by Gasteiger charge is -2.21. The van der Waals surface area contributed by atoms with Crippen LogP contribution < -0.4 is 5.73 Å². The summed E-state index contributed by atoms with van der Waals surface area (Å²) in [5.41, 5.74) is 12.5. The molecule has 0 atom stereocenters. The molecule has 20 heavy (non-hydrogen) atoms. The van der Waals surface area contributed by atoms with Crippen molar-refractivity contribution in [3.63, 3.8) is 0 Å². The van der Waals surface area contributed by atoms with Crippen LogP contribution in [0, 0.1) is 0 Å². The number of nitrogen functional groups attached to an aromatic ring is 1. The average molecular weight is 269 g/mol. The van der Waals surface area contributed by atoms with Gasteiger partial charge in [0.25, 0.3) is 0 Å². The normalized spacial score (nSPS) is 17.6. The standard InChI is InChI=1S/C16H19N3O/c17-16-13-10-20-9-8-15(13)19(18-16)14-7-3-5-11-4-1-2-6-12(11)14/h3,5,7H,1-2,4,6,8-10H2,(H2,17,18). The molecule has 2 aromatic rings. The zero-order valence-corrected chi connectivity index (χ0v) is 11.6. The Bertz CT molecular complexity index is 660. The molecule has 4 heteroatoms. The van der Waals surface area contributed by atoms with Crippen LogP contribution in [-0.4, -0.2) is 16.4 Å². The molecular formula is C16H19N3O. The molecule has 0 saturated heterocycles. The Balaban J connectivity index is 1.90. The fourth-order valence-electron chi connectivity index (χ4n) is 3.42. The summed E-state index contributed by atoms with van der Waals surface area (Å²) in [4.78, 5) is 0. The maximum absolute atomic E-state index is 6.06. The molecule has 0 fully saturated rings. The van der Waals surface area contributed by atoms with Gasteiger partial charge in [-0.05, 0) is 42.9 Å². The van der Waals surface area contributed by atoms with Gasteiger partial charge in [-0.1, -0.05) is 12.1 Å². The molecule has 4 nitrogen and oxygen atoms in total. The van der Waals surface area contributed by atoms with Crippen LogP contribution in [0.25, 0.3) is 5.69 Å². The summed E-state index contributed by atoms with van der Waals surface area (Å²) < 4.78 is 7.57. The minimum atomic E-state index is 0.593. The lowest BCUT2D eigenvalue weighted by Crippen LogP contribution is -2.15. The minimum absolute atomic E-state index is 0.593. The van der Waals surface area contributed by atoms with E-state index in [9.17, 15) is 0 Å². The van der Waals surface area contributed by atoms with E-state index in [1.54, 1.807) is 0 Å². The van der Waals surface area contributed by atoms with E-state index < -0.39 is 0 Å². The molecule has 4 rings (SSSR count). The van der Waals surface area contributed by atoms with E-state index in [-0.39, 0.29) is 0 Å². The van der Waals surface area contributed by atoms with Crippen molar-refractivity contribution in [1.29, 1.82) is 0 Å². The van der Waals surface area contributed by atoms with Gasteiger partial charge in [-0.25, -0.2) is 4.68 Å². The van der Waals surface area contributed by atoms with E-state index in [1.807, 2.05) is 0 Å². The van der Waals surface area contributed by atoms with E-state index in [0.717, 1.165) is 25.0 Å². The molecule has 1 aliphatic carbocycles. The summed E-state index contributed by atoms with van der Waals surface area (Å²) in [7, 11) is 0. The topological polar surface area (TPSA) is 53.1 Å². The van der Waals surface area contributed by atoms with E-state index in [4.69, 9.17) is 10.5 Å². The second-order valence-corrected chi connectivity index (χ2v) is 5.65. The van der Waals surface area contributed by atoms with Gasteiger partial charge < -0.3 is 10.5 Å². The van der Waals surface area contributed by atoms with Gasteiger partial charge in [0, 0.05) is 12.0 Å². The van der Waals surface area contributed by atoms with Crippen LogP contribution in [0.2, 0.25) is 0 Å². The smallest absolute Gasteiger partial charge is 0.151 e. The summed E-state index contributed by atoms with van der Waals surface area (Å²) in [5, 5.41) is 4.59. The van der Waals surface area contributed by atoms with Gasteiger partial charge in [0.1, 0.15) is 0 Å². The average Bonchev–Trinajstić information content (AvgIpc) is 2.84. The Labute approximate surface area is 118 Å². The van der Waals surface area contributed by atoms with Gasteiger partial charge in [-0.15, -0.1) is 0 Å². The molecule has 2 N–H and O–H groups in total. The van der Waals surface area contributed by atoms with Crippen molar-refractivity contribution in [3.05, 3.63) is 40.6 Å². The van der Waals surface area contributed by atoms with Crippen LogP contribution in [0.15, 0.2) is 18.2 Å². The van der Waals surface area contributed by atoms with Crippen LogP contribution in [0.1, 0.15) is 35.2 Å². The van der Waals surface area contributed by atoms with Crippen LogP contribution in [0.5, 0.6) is 0 Å². The van der Waals surface area contributed by atoms with E-state index in [2.05, 4.69) is 28.0 Å². The number of hydrogen-bond donors (Lipinski definition) is 1. The zero-order valence-electron chi connectivity index (χ0n) is 11.6. The summed E-state index contributed by atoms with van der Waals surface area (Å²) in [6.45, 7) is 1.35. The fourth-order valence-corrected chi connectivity index (χ4v) is 3.42. The first-order chi connectivity index (χ1) is 9.84. The molecule has 0 radical (unpaired) electrons. The number of anilines is 1. The summed E-state index contributed by atoms with van der Waals surface area (Å²) >= 11 is 0. The maximum atomic E-state index is 6.06. The van der Waals surface area contributed by atoms with Crippen LogP contribution >= 0.6 is 0 Å². The van der Waals surface area contributed by atoms with Crippen molar-refractivity contribution in [2.45, 2.75) is 38.7 Å². The van der Waals surface area contributed by atoms with E-state index in [0.29, 0.717) is 12.4 Å². The molecule has 1 aliphatic heterocycles. The Kier molecular flexibility index (Phi) is 2.77. The number of benzene rings is 1. The highest BCUT2D eigenvalue weighted by Crippen LogP contribution is 2.31. The number of aromatic nitrogens is 2. The van der Waals surface area contributed by atoms with Crippen LogP contribution in [-0.2, 0) is 30.6 Å². The van der Waals surface area contributed by atoms with Crippen molar-refractivity contribution < 1.29 is 4.74 Å². The SMILES string of the molecule is Nc1nn(-c2cccc3c2CCCC3)c2c1COCC2. The number of rotatable bonds is 1. The fraction of sp³-hybridized carbons (Fsp3) is 0.438. The first-order valence-corrected chi connectivity index (χ1v) is 7.40. The van der Waals surface area contributed by atoms with Crippen molar-refractivity contribution >= 4 is 5.82 Å².